The summed E-state index contributed by atoms with van der Waals surface area (Å²) in [5.74, 6) is 0.345. The number of rotatable bonds is 4. The highest BCUT2D eigenvalue weighted by molar-refractivity contribution is 5.69. The topological polar surface area (TPSA) is 110 Å². The number of aromatic nitrogens is 2. The van der Waals surface area contributed by atoms with E-state index in [1.807, 2.05) is 0 Å². The predicted molar refractivity (Wildman–Crippen MR) is 67.8 cm³/mol. The fraction of sp³-hybridized carbons (Fsp3) is 0.0909. The normalized spacial score (nSPS) is 9.95. The second-order valence-electron chi connectivity index (χ2n) is 3.51. The molecule has 0 aliphatic carbocycles. The number of anilines is 2. The number of benzene rings is 1. The lowest BCUT2D eigenvalue weighted by Gasteiger charge is -2.09. The van der Waals surface area contributed by atoms with Gasteiger partial charge >= 0.3 is 11.2 Å². The van der Waals surface area contributed by atoms with Gasteiger partial charge in [-0.25, -0.2) is 4.98 Å². The third-order valence-corrected chi connectivity index (χ3v) is 2.37. The third kappa shape index (κ3) is 2.51. The molecule has 1 aromatic heterocycles. The molecule has 0 spiro atoms. The Hall–Kier alpha value is -2.90. The van der Waals surface area contributed by atoms with Gasteiger partial charge in [0, 0.05) is 0 Å². The molecular weight excluding hydrogens is 252 g/mol. The summed E-state index contributed by atoms with van der Waals surface area (Å²) in [5, 5.41) is 13.6. The second kappa shape index (κ2) is 5.17. The largest absolute Gasteiger partial charge is 0.495 e. The van der Waals surface area contributed by atoms with Crippen molar-refractivity contribution < 1.29 is 9.66 Å². The van der Waals surface area contributed by atoms with Crippen molar-refractivity contribution in [2.75, 3.05) is 12.4 Å². The molecule has 2 rings (SSSR count). The van der Waals surface area contributed by atoms with Crippen LogP contribution in [0.1, 0.15) is 0 Å². The summed E-state index contributed by atoms with van der Waals surface area (Å²) in [7, 11) is 1.47. The quantitative estimate of drug-likeness (QED) is 0.637. The molecule has 2 N–H and O–H groups in total. The number of ether oxygens (including phenoxy) is 1. The lowest BCUT2D eigenvalue weighted by molar-refractivity contribution is -0.385. The van der Waals surface area contributed by atoms with Crippen LogP contribution in [0.5, 0.6) is 5.75 Å². The minimum absolute atomic E-state index is 0.141. The van der Waals surface area contributed by atoms with E-state index in [1.54, 1.807) is 24.3 Å². The summed E-state index contributed by atoms with van der Waals surface area (Å²) in [5.41, 5.74) is -0.989. The first-order chi connectivity index (χ1) is 9.13. The van der Waals surface area contributed by atoms with Crippen LogP contribution in [-0.4, -0.2) is 22.0 Å². The molecule has 8 nitrogen and oxygen atoms in total. The number of nitrogens with zero attached hydrogens (tertiary/aromatic N) is 2. The van der Waals surface area contributed by atoms with E-state index in [9.17, 15) is 14.9 Å². The van der Waals surface area contributed by atoms with Gasteiger partial charge in [-0.3, -0.25) is 14.9 Å². The molecule has 0 saturated heterocycles. The molecule has 0 amide bonds. The van der Waals surface area contributed by atoms with Crippen LogP contribution in [-0.2, 0) is 0 Å². The van der Waals surface area contributed by atoms with Gasteiger partial charge in [0.25, 0.3) is 0 Å². The van der Waals surface area contributed by atoms with Crippen molar-refractivity contribution in [2.45, 2.75) is 0 Å². The molecule has 0 aliphatic heterocycles. The minimum Gasteiger partial charge on any atom is -0.495 e. The standard InChI is InChI=1S/C11H10N4O4/c1-19-8-5-3-2-4-7(8)14-10-9(15(17)18)11(16)13-6-12-10/h2-6H,1H3,(H2,12,13,14,16). The highest BCUT2D eigenvalue weighted by Crippen LogP contribution is 2.28. The summed E-state index contributed by atoms with van der Waals surface area (Å²) in [6, 6.07) is 6.82. The number of hydrogen-bond donors (Lipinski definition) is 2. The molecule has 19 heavy (non-hydrogen) atoms. The highest BCUT2D eigenvalue weighted by Gasteiger charge is 2.21. The van der Waals surface area contributed by atoms with Gasteiger partial charge in [-0.15, -0.1) is 0 Å². The summed E-state index contributed by atoms with van der Waals surface area (Å²) in [6.07, 6.45) is 1.09. The second-order valence-corrected chi connectivity index (χ2v) is 3.51. The Bertz CT molecular complexity index is 668. The maximum absolute atomic E-state index is 11.4. The van der Waals surface area contributed by atoms with E-state index in [2.05, 4.69) is 15.3 Å². The molecule has 0 fully saturated rings. The Morgan fingerprint density at radius 1 is 1.42 bits per heavy atom. The Labute approximate surface area is 107 Å². The average Bonchev–Trinajstić information content (AvgIpc) is 2.39. The zero-order valence-electron chi connectivity index (χ0n) is 9.91. The maximum Gasteiger partial charge on any atom is 0.376 e. The predicted octanol–water partition coefficient (Wildman–Crippen LogP) is 1.43. The van der Waals surface area contributed by atoms with E-state index in [-0.39, 0.29) is 5.82 Å². The molecule has 0 atom stereocenters. The van der Waals surface area contributed by atoms with Gasteiger partial charge in [0.05, 0.1) is 24.0 Å². The zero-order valence-corrected chi connectivity index (χ0v) is 9.91. The maximum atomic E-state index is 11.4. The van der Waals surface area contributed by atoms with Crippen LogP contribution >= 0.6 is 0 Å². The zero-order chi connectivity index (χ0) is 13.8. The van der Waals surface area contributed by atoms with Crippen molar-refractivity contribution in [2.24, 2.45) is 0 Å². The van der Waals surface area contributed by atoms with E-state index in [4.69, 9.17) is 4.74 Å². The molecule has 0 aliphatic rings. The Balaban J connectivity index is 2.47. The first kappa shape index (κ1) is 12.6. The summed E-state index contributed by atoms with van der Waals surface area (Å²) in [6.45, 7) is 0. The smallest absolute Gasteiger partial charge is 0.376 e. The van der Waals surface area contributed by atoms with Gasteiger partial charge < -0.3 is 15.0 Å². The van der Waals surface area contributed by atoms with Crippen molar-refractivity contribution in [3.05, 3.63) is 51.1 Å². The Kier molecular flexibility index (Phi) is 3.42. The molecule has 8 heteroatoms. The number of para-hydroxylation sites is 2. The van der Waals surface area contributed by atoms with E-state index in [1.165, 1.54) is 7.11 Å². The molecule has 0 unspecified atom stereocenters. The number of nitrogens with one attached hydrogen (secondary N) is 2. The molecule has 2 aromatic rings. The fourth-order valence-corrected chi connectivity index (χ4v) is 1.53. The fourth-order valence-electron chi connectivity index (χ4n) is 1.53. The first-order valence-corrected chi connectivity index (χ1v) is 5.25. The van der Waals surface area contributed by atoms with Crippen molar-refractivity contribution in [1.82, 2.24) is 9.97 Å². The molecule has 0 radical (unpaired) electrons. The van der Waals surface area contributed by atoms with Crippen LogP contribution in [0.4, 0.5) is 17.2 Å². The number of hydrogen-bond acceptors (Lipinski definition) is 6. The van der Waals surface area contributed by atoms with Crippen LogP contribution in [0.2, 0.25) is 0 Å². The van der Waals surface area contributed by atoms with E-state index < -0.39 is 16.2 Å². The van der Waals surface area contributed by atoms with Crippen LogP contribution in [0, 0.1) is 10.1 Å². The van der Waals surface area contributed by atoms with Crippen LogP contribution in [0.15, 0.2) is 35.4 Å². The lowest BCUT2D eigenvalue weighted by atomic mass is 10.3. The SMILES string of the molecule is COc1ccccc1Nc1nc[nH]c(=O)c1[N+](=O)[O-]. The average molecular weight is 262 g/mol. The van der Waals surface area contributed by atoms with Crippen molar-refractivity contribution in [3.8, 4) is 5.75 Å². The van der Waals surface area contributed by atoms with Gasteiger partial charge in [0.2, 0.25) is 5.82 Å². The van der Waals surface area contributed by atoms with E-state index >= 15 is 0 Å². The van der Waals surface area contributed by atoms with Crippen LogP contribution in [0.25, 0.3) is 0 Å². The lowest BCUT2D eigenvalue weighted by Crippen LogP contribution is -2.14. The molecule has 0 bridgehead atoms. The summed E-state index contributed by atoms with van der Waals surface area (Å²) < 4.78 is 5.10. The molecule has 1 heterocycles. The molecular formula is C11H10N4O4. The van der Waals surface area contributed by atoms with Crippen molar-refractivity contribution >= 4 is 17.2 Å². The van der Waals surface area contributed by atoms with Crippen molar-refractivity contribution in [1.29, 1.82) is 0 Å². The molecule has 98 valence electrons. The molecule has 1 aromatic carbocycles. The van der Waals surface area contributed by atoms with Crippen molar-refractivity contribution in [3.63, 3.8) is 0 Å². The van der Waals surface area contributed by atoms with E-state index in [0.29, 0.717) is 11.4 Å². The summed E-state index contributed by atoms with van der Waals surface area (Å²) >= 11 is 0. The minimum atomic E-state index is -0.822. The number of H-pyrrole nitrogens is 1. The van der Waals surface area contributed by atoms with Crippen LogP contribution < -0.4 is 15.6 Å². The highest BCUT2D eigenvalue weighted by atomic mass is 16.6. The third-order valence-electron chi connectivity index (χ3n) is 2.37. The van der Waals surface area contributed by atoms with Gasteiger partial charge in [0.1, 0.15) is 5.75 Å². The van der Waals surface area contributed by atoms with Gasteiger partial charge in [-0.2, -0.15) is 0 Å². The summed E-state index contributed by atoms with van der Waals surface area (Å²) in [4.78, 5) is 27.4. The first-order valence-electron chi connectivity index (χ1n) is 5.25. The van der Waals surface area contributed by atoms with Gasteiger partial charge in [-0.1, -0.05) is 12.1 Å². The number of nitro groups is 1. The Morgan fingerprint density at radius 3 is 2.84 bits per heavy atom. The Morgan fingerprint density at radius 2 is 2.16 bits per heavy atom. The number of aromatic amines is 1. The van der Waals surface area contributed by atoms with Gasteiger partial charge in [0.15, 0.2) is 0 Å². The van der Waals surface area contributed by atoms with Crippen LogP contribution in [0.3, 0.4) is 0 Å². The van der Waals surface area contributed by atoms with E-state index in [0.717, 1.165) is 6.33 Å². The monoisotopic (exact) mass is 262 g/mol. The number of methoxy groups -OCH3 is 1. The molecule has 0 saturated carbocycles. The van der Waals surface area contributed by atoms with Gasteiger partial charge in [-0.05, 0) is 12.1 Å².